The van der Waals surface area contributed by atoms with Crippen LogP contribution in [0.3, 0.4) is 0 Å². The largest absolute Gasteiger partial charge is 0.496 e. The number of benzene rings is 1. The third-order valence-corrected chi connectivity index (χ3v) is 3.06. The van der Waals surface area contributed by atoms with Gasteiger partial charge in [0.15, 0.2) is 0 Å². The zero-order valence-corrected chi connectivity index (χ0v) is 11.5. The van der Waals surface area contributed by atoms with E-state index >= 15 is 0 Å². The van der Waals surface area contributed by atoms with Crippen molar-refractivity contribution >= 4 is 5.82 Å². The molecule has 1 aromatic carbocycles. The van der Waals surface area contributed by atoms with Crippen LogP contribution in [0.1, 0.15) is 11.1 Å². The minimum Gasteiger partial charge on any atom is -0.496 e. The fourth-order valence-electron chi connectivity index (χ4n) is 2.24. The SMILES string of the molecule is CNc1cc(-c2c(C)cc(C)cc2OC)n(C)n1. The first-order valence-electron chi connectivity index (χ1n) is 5.94. The van der Waals surface area contributed by atoms with Gasteiger partial charge in [-0.3, -0.25) is 4.68 Å². The summed E-state index contributed by atoms with van der Waals surface area (Å²) in [7, 11) is 5.51. The van der Waals surface area contributed by atoms with Crippen molar-refractivity contribution in [2.45, 2.75) is 13.8 Å². The van der Waals surface area contributed by atoms with Crippen LogP contribution >= 0.6 is 0 Å². The lowest BCUT2D eigenvalue weighted by Gasteiger charge is -2.13. The molecule has 1 aromatic heterocycles. The van der Waals surface area contributed by atoms with Crippen molar-refractivity contribution in [1.29, 1.82) is 0 Å². The Kier molecular flexibility index (Phi) is 3.28. The van der Waals surface area contributed by atoms with Crippen molar-refractivity contribution in [2.24, 2.45) is 7.05 Å². The molecule has 4 heteroatoms. The number of hydrogen-bond acceptors (Lipinski definition) is 3. The summed E-state index contributed by atoms with van der Waals surface area (Å²) in [5.41, 5.74) is 4.54. The molecule has 0 fully saturated rings. The average Bonchev–Trinajstić information content (AvgIpc) is 2.69. The van der Waals surface area contributed by atoms with E-state index in [2.05, 4.69) is 30.3 Å². The normalized spacial score (nSPS) is 10.5. The highest BCUT2D eigenvalue weighted by molar-refractivity contribution is 5.74. The fraction of sp³-hybridized carbons (Fsp3) is 0.357. The number of ether oxygens (including phenoxy) is 1. The van der Waals surface area contributed by atoms with Gasteiger partial charge in [-0.2, -0.15) is 5.10 Å². The maximum absolute atomic E-state index is 5.50. The fourth-order valence-corrected chi connectivity index (χ4v) is 2.24. The number of aryl methyl sites for hydroxylation is 3. The van der Waals surface area contributed by atoms with Gasteiger partial charge < -0.3 is 10.1 Å². The van der Waals surface area contributed by atoms with Crippen LogP contribution in [0, 0.1) is 13.8 Å². The number of methoxy groups -OCH3 is 1. The quantitative estimate of drug-likeness (QED) is 0.903. The highest BCUT2D eigenvalue weighted by Gasteiger charge is 2.14. The van der Waals surface area contributed by atoms with E-state index in [1.807, 2.05) is 30.9 Å². The molecule has 0 saturated heterocycles. The van der Waals surface area contributed by atoms with Crippen LogP contribution in [0.2, 0.25) is 0 Å². The van der Waals surface area contributed by atoms with Gasteiger partial charge in [0, 0.05) is 25.7 Å². The highest BCUT2D eigenvalue weighted by atomic mass is 16.5. The second-order valence-corrected chi connectivity index (χ2v) is 4.45. The van der Waals surface area contributed by atoms with Gasteiger partial charge in [0.05, 0.1) is 12.8 Å². The number of rotatable bonds is 3. The van der Waals surface area contributed by atoms with Crippen molar-refractivity contribution in [3.05, 3.63) is 29.3 Å². The Hall–Kier alpha value is -1.97. The molecule has 0 bridgehead atoms. The van der Waals surface area contributed by atoms with E-state index < -0.39 is 0 Å². The standard InChI is InChI=1S/C14H19N3O/c1-9-6-10(2)14(12(7-9)18-5)11-8-13(15-3)16-17(11)4/h6-8H,1-5H3,(H,15,16). The van der Waals surface area contributed by atoms with E-state index in [-0.39, 0.29) is 0 Å². The van der Waals surface area contributed by atoms with Crippen LogP contribution in [0.4, 0.5) is 5.82 Å². The molecule has 18 heavy (non-hydrogen) atoms. The summed E-state index contributed by atoms with van der Waals surface area (Å²) in [5, 5.41) is 7.45. The van der Waals surface area contributed by atoms with Gasteiger partial charge in [-0.1, -0.05) is 6.07 Å². The number of aromatic nitrogens is 2. The Morgan fingerprint density at radius 2 is 1.94 bits per heavy atom. The molecule has 0 amide bonds. The van der Waals surface area contributed by atoms with E-state index in [0.717, 1.165) is 22.8 Å². The molecule has 0 unspecified atom stereocenters. The van der Waals surface area contributed by atoms with Gasteiger partial charge in [-0.15, -0.1) is 0 Å². The summed E-state index contributed by atoms with van der Waals surface area (Å²) in [6.07, 6.45) is 0. The number of anilines is 1. The van der Waals surface area contributed by atoms with Crippen molar-refractivity contribution in [3.63, 3.8) is 0 Å². The topological polar surface area (TPSA) is 39.1 Å². The first kappa shape index (κ1) is 12.5. The predicted octanol–water partition coefficient (Wildman–Crippen LogP) is 2.75. The Labute approximate surface area is 108 Å². The monoisotopic (exact) mass is 245 g/mol. The minimum absolute atomic E-state index is 0.856. The Morgan fingerprint density at radius 3 is 2.50 bits per heavy atom. The third-order valence-electron chi connectivity index (χ3n) is 3.06. The molecular weight excluding hydrogens is 226 g/mol. The van der Waals surface area contributed by atoms with Gasteiger partial charge >= 0.3 is 0 Å². The summed E-state index contributed by atoms with van der Waals surface area (Å²) in [6, 6.07) is 6.23. The Bertz CT molecular complexity index is 573. The van der Waals surface area contributed by atoms with Gasteiger partial charge in [0.1, 0.15) is 11.6 Å². The van der Waals surface area contributed by atoms with Gasteiger partial charge in [0.2, 0.25) is 0 Å². The molecule has 4 nitrogen and oxygen atoms in total. The molecule has 0 spiro atoms. The van der Waals surface area contributed by atoms with Crippen LogP contribution in [0.15, 0.2) is 18.2 Å². The third kappa shape index (κ3) is 2.06. The molecular formula is C14H19N3O. The minimum atomic E-state index is 0.856. The molecule has 0 atom stereocenters. The number of hydrogen-bond donors (Lipinski definition) is 1. The van der Waals surface area contributed by atoms with Crippen molar-refractivity contribution in [2.75, 3.05) is 19.5 Å². The summed E-state index contributed by atoms with van der Waals surface area (Å²) in [5.74, 6) is 1.74. The molecule has 96 valence electrons. The van der Waals surface area contributed by atoms with Crippen molar-refractivity contribution in [3.8, 4) is 17.0 Å². The van der Waals surface area contributed by atoms with Crippen LogP contribution in [-0.2, 0) is 7.05 Å². The van der Waals surface area contributed by atoms with E-state index in [1.54, 1.807) is 7.11 Å². The van der Waals surface area contributed by atoms with Crippen LogP contribution in [-0.4, -0.2) is 23.9 Å². The van der Waals surface area contributed by atoms with E-state index in [4.69, 9.17) is 4.74 Å². The molecule has 1 N–H and O–H groups in total. The molecule has 0 radical (unpaired) electrons. The Balaban J connectivity index is 2.65. The predicted molar refractivity (Wildman–Crippen MR) is 74.2 cm³/mol. The number of nitrogens with one attached hydrogen (secondary N) is 1. The second kappa shape index (κ2) is 4.72. The lowest BCUT2D eigenvalue weighted by molar-refractivity contribution is 0.415. The average molecular weight is 245 g/mol. The first-order chi connectivity index (χ1) is 8.56. The first-order valence-corrected chi connectivity index (χ1v) is 5.94. The smallest absolute Gasteiger partial charge is 0.148 e. The van der Waals surface area contributed by atoms with Crippen LogP contribution in [0.5, 0.6) is 5.75 Å². The van der Waals surface area contributed by atoms with E-state index in [0.29, 0.717) is 0 Å². The van der Waals surface area contributed by atoms with Crippen molar-refractivity contribution in [1.82, 2.24) is 9.78 Å². The maximum atomic E-state index is 5.50. The summed E-state index contributed by atoms with van der Waals surface area (Å²) >= 11 is 0. The second-order valence-electron chi connectivity index (χ2n) is 4.45. The van der Waals surface area contributed by atoms with Crippen LogP contribution < -0.4 is 10.1 Å². The summed E-state index contributed by atoms with van der Waals surface area (Å²) < 4.78 is 7.36. The zero-order valence-electron chi connectivity index (χ0n) is 11.5. The van der Waals surface area contributed by atoms with E-state index in [1.165, 1.54) is 11.1 Å². The molecule has 0 aliphatic heterocycles. The summed E-state index contributed by atoms with van der Waals surface area (Å²) in [4.78, 5) is 0. The lowest BCUT2D eigenvalue weighted by atomic mass is 10.0. The molecule has 0 aliphatic rings. The molecule has 0 saturated carbocycles. The maximum Gasteiger partial charge on any atom is 0.148 e. The van der Waals surface area contributed by atoms with Gasteiger partial charge in [-0.05, 0) is 31.0 Å². The van der Waals surface area contributed by atoms with E-state index in [9.17, 15) is 0 Å². The number of nitrogens with zero attached hydrogens (tertiary/aromatic N) is 2. The molecule has 1 heterocycles. The zero-order chi connectivity index (χ0) is 13.3. The summed E-state index contributed by atoms with van der Waals surface area (Å²) in [6.45, 7) is 4.17. The Morgan fingerprint density at radius 1 is 1.22 bits per heavy atom. The van der Waals surface area contributed by atoms with Crippen LogP contribution in [0.25, 0.3) is 11.3 Å². The van der Waals surface area contributed by atoms with Gasteiger partial charge in [0.25, 0.3) is 0 Å². The lowest BCUT2D eigenvalue weighted by Crippen LogP contribution is -1.99. The molecule has 2 aromatic rings. The van der Waals surface area contributed by atoms with Crippen molar-refractivity contribution < 1.29 is 4.74 Å². The molecule has 0 aliphatic carbocycles. The van der Waals surface area contributed by atoms with Gasteiger partial charge in [-0.25, -0.2) is 0 Å². The highest BCUT2D eigenvalue weighted by Crippen LogP contribution is 2.35. The molecule has 2 rings (SSSR count).